The average Bonchev–Trinajstić information content (AvgIpc) is 3.25. The van der Waals surface area contributed by atoms with Crippen molar-refractivity contribution in [1.82, 2.24) is 15.1 Å². The van der Waals surface area contributed by atoms with E-state index in [0.717, 1.165) is 10.5 Å². The third-order valence-corrected chi connectivity index (χ3v) is 6.87. The number of carbonyl (C=O) groups is 4. The van der Waals surface area contributed by atoms with Crippen molar-refractivity contribution >= 4 is 58.0 Å². The van der Waals surface area contributed by atoms with Crippen LogP contribution < -0.4 is 10.1 Å². The standard InChI is InChI=1S/C24H21N3O5S2/c1-14(27-21(29)17-8-3-4-9-18(17)22(27)30)20(28)25-10-11-26-23(31)19(34-24(26)33)13-15-6-5-7-16(12-15)32-2/h3-9,12-14H,10-11H2,1-2H3,(H,25,28)/b19-13+. The Kier molecular flexibility index (Phi) is 6.80. The number of thiocarbonyl (C=S) groups is 1. The van der Waals surface area contributed by atoms with Crippen molar-refractivity contribution in [3.63, 3.8) is 0 Å². The molecule has 0 bridgehead atoms. The molecule has 0 saturated carbocycles. The molecule has 1 atom stereocenters. The largest absolute Gasteiger partial charge is 0.497 e. The molecule has 1 unspecified atom stereocenters. The molecule has 2 aliphatic rings. The van der Waals surface area contributed by atoms with Crippen LogP contribution in [0.4, 0.5) is 0 Å². The van der Waals surface area contributed by atoms with E-state index in [0.29, 0.717) is 15.0 Å². The summed E-state index contributed by atoms with van der Waals surface area (Å²) in [6.45, 7) is 1.78. The third-order valence-electron chi connectivity index (χ3n) is 5.49. The maximum Gasteiger partial charge on any atom is 0.266 e. The van der Waals surface area contributed by atoms with E-state index in [1.54, 1.807) is 37.5 Å². The van der Waals surface area contributed by atoms with Crippen molar-refractivity contribution < 1.29 is 23.9 Å². The van der Waals surface area contributed by atoms with Gasteiger partial charge in [0.15, 0.2) is 0 Å². The SMILES string of the molecule is COc1cccc(/C=C2/SC(=S)N(CCNC(=O)C(C)N3C(=O)c4ccccc4C3=O)C2=O)c1. The number of nitrogens with zero attached hydrogens (tertiary/aromatic N) is 2. The van der Waals surface area contributed by atoms with Crippen LogP contribution in [0.5, 0.6) is 5.75 Å². The Balaban J connectivity index is 1.35. The summed E-state index contributed by atoms with van der Waals surface area (Å²) in [5, 5.41) is 2.69. The minimum atomic E-state index is -0.994. The fourth-order valence-electron chi connectivity index (χ4n) is 3.69. The van der Waals surface area contributed by atoms with E-state index in [-0.39, 0.29) is 30.1 Å². The summed E-state index contributed by atoms with van der Waals surface area (Å²) in [5.74, 6) is -1.06. The van der Waals surface area contributed by atoms with Crippen LogP contribution in [0.3, 0.4) is 0 Å². The quantitative estimate of drug-likeness (QED) is 0.358. The van der Waals surface area contributed by atoms with Crippen molar-refractivity contribution in [3.05, 3.63) is 70.1 Å². The number of rotatable bonds is 7. The summed E-state index contributed by atoms with van der Waals surface area (Å²) in [5.41, 5.74) is 1.38. The van der Waals surface area contributed by atoms with Crippen LogP contribution in [-0.4, -0.2) is 64.0 Å². The van der Waals surface area contributed by atoms with E-state index in [2.05, 4.69) is 5.32 Å². The van der Waals surface area contributed by atoms with Crippen LogP contribution in [0.15, 0.2) is 53.4 Å². The number of carbonyl (C=O) groups excluding carboxylic acids is 4. The molecule has 1 fully saturated rings. The Bertz CT molecular complexity index is 1210. The van der Waals surface area contributed by atoms with E-state index in [4.69, 9.17) is 17.0 Å². The number of ether oxygens (including phenoxy) is 1. The highest BCUT2D eigenvalue weighted by atomic mass is 32.2. The second-order valence-corrected chi connectivity index (χ2v) is 9.28. The summed E-state index contributed by atoms with van der Waals surface area (Å²) >= 11 is 6.53. The maximum atomic E-state index is 12.8. The number of fused-ring (bicyclic) bond motifs is 1. The number of methoxy groups -OCH3 is 1. The van der Waals surface area contributed by atoms with Crippen molar-refractivity contribution in [1.29, 1.82) is 0 Å². The molecule has 0 aliphatic carbocycles. The molecule has 1 saturated heterocycles. The van der Waals surface area contributed by atoms with E-state index in [9.17, 15) is 19.2 Å². The minimum Gasteiger partial charge on any atom is -0.497 e. The first kappa shape index (κ1) is 23.7. The normalized spacial score (nSPS) is 17.4. The van der Waals surface area contributed by atoms with Gasteiger partial charge in [-0.1, -0.05) is 48.2 Å². The summed E-state index contributed by atoms with van der Waals surface area (Å²) < 4.78 is 5.60. The number of thioether (sulfide) groups is 1. The van der Waals surface area contributed by atoms with Gasteiger partial charge in [-0.05, 0) is 42.8 Å². The molecule has 0 aromatic heterocycles. The van der Waals surface area contributed by atoms with Gasteiger partial charge in [-0.15, -0.1) is 0 Å². The lowest BCUT2D eigenvalue weighted by Crippen LogP contribution is -2.49. The lowest BCUT2D eigenvalue weighted by Gasteiger charge is -2.22. The van der Waals surface area contributed by atoms with Gasteiger partial charge in [0.25, 0.3) is 17.7 Å². The van der Waals surface area contributed by atoms with Gasteiger partial charge in [-0.2, -0.15) is 0 Å². The molecule has 2 aliphatic heterocycles. The maximum absolute atomic E-state index is 12.8. The lowest BCUT2D eigenvalue weighted by molar-refractivity contribution is -0.125. The van der Waals surface area contributed by atoms with Crippen molar-refractivity contribution in [2.24, 2.45) is 0 Å². The molecule has 2 aromatic carbocycles. The van der Waals surface area contributed by atoms with Crippen LogP contribution in [0.1, 0.15) is 33.2 Å². The number of hydrogen-bond acceptors (Lipinski definition) is 7. The molecule has 8 nitrogen and oxygen atoms in total. The minimum absolute atomic E-state index is 0.116. The Morgan fingerprint density at radius 3 is 2.41 bits per heavy atom. The molecule has 10 heteroatoms. The van der Waals surface area contributed by atoms with E-state index < -0.39 is 23.8 Å². The smallest absolute Gasteiger partial charge is 0.266 e. The van der Waals surface area contributed by atoms with Gasteiger partial charge >= 0.3 is 0 Å². The predicted molar refractivity (Wildman–Crippen MR) is 132 cm³/mol. The van der Waals surface area contributed by atoms with Crippen LogP contribution in [0.2, 0.25) is 0 Å². The first-order valence-corrected chi connectivity index (χ1v) is 11.7. The summed E-state index contributed by atoms with van der Waals surface area (Å²) in [6, 6.07) is 12.8. The molecule has 34 heavy (non-hydrogen) atoms. The van der Waals surface area contributed by atoms with Crippen LogP contribution >= 0.6 is 24.0 Å². The summed E-state index contributed by atoms with van der Waals surface area (Å²) in [7, 11) is 1.57. The Morgan fingerprint density at radius 2 is 1.76 bits per heavy atom. The number of benzene rings is 2. The van der Waals surface area contributed by atoms with E-state index in [1.807, 2.05) is 24.3 Å². The molecule has 0 spiro atoms. The molecular weight excluding hydrogens is 474 g/mol. The summed E-state index contributed by atoms with van der Waals surface area (Å²) in [4.78, 5) is 53.5. The molecule has 174 valence electrons. The van der Waals surface area contributed by atoms with Gasteiger partial charge in [0.1, 0.15) is 16.1 Å². The fraction of sp³-hybridized carbons (Fsp3) is 0.208. The van der Waals surface area contributed by atoms with Crippen molar-refractivity contribution in [2.75, 3.05) is 20.2 Å². The van der Waals surface area contributed by atoms with Gasteiger partial charge in [0, 0.05) is 13.1 Å². The van der Waals surface area contributed by atoms with Crippen LogP contribution in [0, 0.1) is 0 Å². The fourth-order valence-corrected chi connectivity index (χ4v) is 5.00. The Labute approximate surface area is 205 Å². The zero-order chi connectivity index (χ0) is 24.4. The van der Waals surface area contributed by atoms with Crippen molar-refractivity contribution in [3.8, 4) is 5.75 Å². The topological polar surface area (TPSA) is 96.0 Å². The van der Waals surface area contributed by atoms with Crippen LogP contribution in [0.25, 0.3) is 6.08 Å². The second kappa shape index (κ2) is 9.78. The molecule has 2 heterocycles. The number of amides is 4. The van der Waals surface area contributed by atoms with Gasteiger partial charge in [-0.25, -0.2) is 0 Å². The molecule has 4 amide bonds. The number of imide groups is 1. The predicted octanol–water partition coefficient (Wildman–Crippen LogP) is 2.70. The molecule has 4 rings (SSSR count). The highest BCUT2D eigenvalue weighted by Gasteiger charge is 2.40. The first-order valence-electron chi connectivity index (χ1n) is 10.5. The Hall–Kier alpha value is -3.50. The van der Waals surface area contributed by atoms with Crippen molar-refractivity contribution in [2.45, 2.75) is 13.0 Å². The zero-order valence-corrected chi connectivity index (χ0v) is 20.1. The summed E-state index contributed by atoms with van der Waals surface area (Å²) in [6.07, 6.45) is 1.74. The second-order valence-electron chi connectivity index (χ2n) is 7.60. The highest BCUT2D eigenvalue weighted by molar-refractivity contribution is 8.26. The van der Waals surface area contributed by atoms with Gasteiger partial charge in [0.05, 0.1) is 23.1 Å². The highest BCUT2D eigenvalue weighted by Crippen LogP contribution is 2.32. The average molecular weight is 496 g/mol. The van der Waals surface area contributed by atoms with Gasteiger partial charge in [-0.3, -0.25) is 29.0 Å². The number of nitrogens with one attached hydrogen (secondary N) is 1. The Morgan fingerprint density at radius 1 is 1.09 bits per heavy atom. The monoisotopic (exact) mass is 495 g/mol. The molecule has 2 aromatic rings. The van der Waals surface area contributed by atoms with Gasteiger partial charge < -0.3 is 10.1 Å². The molecule has 0 radical (unpaired) electrons. The zero-order valence-electron chi connectivity index (χ0n) is 18.4. The lowest BCUT2D eigenvalue weighted by atomic mass is 10.1. The number of hydrogen-bond donors (Lipinski definition) is 1. The first-order chi connectivity index (χ1) is 16.3. The van der Waals surface area contributed by atoms with E-state index in [1.165, 1.54) is 23.6 Å². The van der Waals surface area contributed by atoms with Crippen LogP contribution in [-0.2, 0) is 9.59 Å². The van der Waals surface area contributed by atoms with Gasteiger partial charge in [0.2, 0.25) is 5.91 Å². The third kappa shape index (κ3) is 4.46. The molecular formula is C24H21N3O5S2. The molecule has 1 N–H and O–H groups in total. The van der Waals surface area contributed by atoms with E-state index >= 15 is 0 Å².